The van der Waals surface area contributed by atoms with Crippen LogP contribution in [0.15, 0.2) is 0 Å². The van der Waals surface area contributed by atoms with E-state index in [-0.39, 0.29) is 17.4 Å². The van der Waals surface area contributed by atoms with Gasteiger partial charge in [-0.15, -0.1) is 0 Å². The van der Waals surface area contributed by atoms with E-state index in [2.05, 4.69) is 0 Å². The lowest BCUT2D eigenvalue weighted by atomic mass is 9.76. The Hall–Kier alpha value is -0.160. The first-order valence-corrected chi connectivity index (χ1v) is 7.12. The van der Waals surface area contributed by atoms with Crippen LogP contribution < -0.4 is 0 Å². The van der Waals surface area contributed by atoms with Crippen LogP contribution in [0.5, 0.6) is 0 Å². The Morgan fingerprint density at radius 1 is 1.11 bits per heavy atom. The fourth-order valence-corrected chi connectivity index (χ4v) is 3.12. The quantitative estimate of drug-likeness (QED) is 0.802. The van der Waals surface area contributed by atoms with Crippen molar-refractivity contribution >= 4 is 0 Å². The van der Waals surface area contributed by atoms with E-state index >= 15 is 0 Å². The van der Waals surface area contributed by atoms with Crippen molar-refractivity contribution in [2.45, 2.75) is 57.3 Å². The standard InChI is InChI=1S/C14H26O4/c1-10(2)12(15)13(16)11-3-6-18-14(9-11)4-7-17-8-5-14/h10-13,15-16H,3-9H2,1-2H3. The molecule has 3 atom stereocenters. The lowest BCUT2D eigenvalue weighted by Crippen LogP contribution is -2.49. The maximum Gasteiger partial charge on any atom is 0.0831 e. The molecular formula is C14H26O4. The summed E-state index contributed by atoms with van der Waals surface area (Å²) in [5, 5.41) is 20.3. The van der Waals surface area contributed by atoms with Crippen LogP contribution in [0.2, 0.25) is 0 Å². The molecule has 1 spiro atoms. The maximum atomic E-state index is 10.3. The minimum absolute atomic E-state index is 0.0912. The van der Waals surface area contributed by atoms with Crippen LogP contribution in [0, 0.1) is 11.8 Å². The summed E-state index contributed by atoms with van der Waals surface area (Å²) in [5.74, 6) is 0.239. The molecule has 0 amide bonds. The van der Waals surface area contributed by atoms with Gasteiger partial charge in [-0.05, 0) is 37.5 Å². The van der Waals surface area contributed by atoms with E-state index in [1.807, 2.05) is 13.8 Å². The number of hydrogen-bond acceptors (Lipinski definition) is 4. The van der Waals surface area contributed by atoms with Gasteiger partial charge in [0, 0.05) is 19.8 Å². The first kappa shape index (κ1) is 14.3. The average Bonchev–Trinajstić information content (AvgIpc) is 2.38. The largest absolute Gasteiger partial charge is 0.390 e. The molecule has 106 valence electrons. The van der Waals surface area contributed by atoms with E-state index in [1.165, 1.54) is 0 Å². The highest BCUT2D eigenvalue weighted by atomic mass is 16.5. The highest BCUT2D eigenvalue weighted by Gasteiger charge is 2.42. The van der Waals surface area contributed by atoms with Crippen LogP contribution in [-0.2, 0) is 9.47 Å². The summed E-state index contributed by atoms with van der Waals surface area (Å²) in [6, 6.07) is 0. The topological polar surface area (TPSA) is 58.9 Å². The van der Waals surface area contributed by atoms with Crippen LogP contribution in [-0.4, -0.2) is 47.8 Å². The fourth-order valence-electron chi connectivity index (χ4n) is 3.12. The third-order valence-corrected chi connectivity index (χ3v) is 4.45. The van der Waals surface area contributed by atoms with Gasteiger partial charge in [-0.2, -0.15) is 0 Å². The molecule has 2 aliphatic heterocycles. The smallest absolute Gasteiger partial charge is 0.0831 e. The van der Waals surface area contributed by atoms with Gasteiger partial charge in [0.25, 0.3) is 0 Å². The molecule has 0 aliphatic carbocycles. The molecule has 3 unspecified atom stereocenters. The number of aliphatic hydroxyl groups is 2. The molecule has 0 saturated carbocycles. The van der Waals surface area contributed by atoms with Gasteiger partial charge in [-0.1, -0.05) is 13.8 Å². The highest BCUT2D eigenvalue weighted by molar-refractivity contribution is 4.92. The normalized spacial score (nSPS) is 31.5. The third kappa shape index (κ3) is 3.05. The number of hydrogen-bond donors (Lipinski definition) is 2. The molecule has 2 aliphatic rings. The lowest BCUT2D eigenvalue weighted by Gasteiger charge is -2.45. The Morgan fingerprint density at radius 2 is 1.78 bits per heavy atom. The van der Waals surface area contributed by atoms with Gasteiger partial charge in [0.2, 0.25) is 0 Å². The summed E-state index contributed by atoms with van der Waals surface area (Å²) in [4.78, 5) is 0. The summed E-state index contributed by atoms with van der Waals surface area (Å²) in [6.07, 6.45) is 2.25. The Balaban J connectivity index is 1.97. The fraction of sp³-hybridized carbons (Fsp3) is 1.00. The summed E-state index contributed by atoms with van der Waals surface area (Å²) >= 11 is 0. The summed E-state index contributed by atoms with van der Waals surface area (Å²) in [7, 11) is 0. The zero-order chi connectivity index (χ0) is 13.2. The van der Waals surface area contributed by atoms with Crippen molar-refractivity contribution < 1.29 is 19.7 Å². The molecule has 2 fully saturated rings. The van der Waals surface area contributed by atoms with E-state index < -0.39 is 12.2 Å². The molecular weight excluding hydrogens is 232 g/mol. The summed E-state index contributed by atoms with van der Waals surface area (Å²) in [6.45, 7) is 6.06. The van der Waals surface area contributed by atoms with Crippen molar-refractivity contribution in [3.8, 4) is 0 Å². The molecule has 0 radical (unpaired) electrons. The van der Waals surface area contributed by atoms with Crippen molar-refractivity contribution in [1.82, 2.24) is 0 Å². The Labute approximate surface area is 109 Å². The minimum atomic E-state index is -0.634. The Bertz CT molecular complexity index is 255. The van der Waals surface area contributed by atoms with E-state index in [0.29, 0.717) is 6.61 Å². The average molecular weight is 258 g/mol. The van der Waals surface area contributed by atoms with Crippen LogP contribution in [0.3, 0.4) is 0 Å². The van der Waals surface area contributed by atoms with Gasteiger partial charge in [0.05, 0.1) is 17.8 Å². The Morgan fingerprint density at radius 3 is 2.39 bits per heavy atom. The number of rotatable bonds is 3. The Kier molecular flexibility index (Phi) is 4.64. The molecule has 4 heteroatoms. The molecule has 4 nitrogen and oxygen atoms in total. The first-order chi connectivity index (χ1) is 8.54. The van der Waals surface area contributed by atoms with Crippen molar-refractivity contribution in [2.75, 3.05) is 19.8 Å². The van der Waals surface area contributed by atoms with Crippen LogP contribution >= 0.6 is 0 Å². The molecule has 0 bridgehead atoms. The molecule has 18 heavy (non-hydrogen) atoms. The predicted molar refractivity (Wildman–Crippen MR) is 68.3 cm³/mol. The van der Waals surface area contributed by atoms with Crippen molar-refractivity contribution in [1.29, 1.82) is 0 Å². The molecule has 2 N–H and O–H groups in total. The lowest BCUT2D eigenvalue weighted by molar-refractivity contribution is -0.168. The molecule has 0 aromatic heterocycles. The van der Waals surface area contributed by atoms with Crippen molar-refractivity contribution in [3.05, 3.63) is 0 Å². The number of aliphatic hydroxyl groups excluding tert-OH is 2. The van der Waals surface area contributed by atoms with Gasteiger partial charge in [-0.25, -0.2) is 0 Å². The summed E-state index contributed by atoms with van der Waals surface area (Å²) in [5.41, 5.74) is -0.112. The predicted octanol–water partition coefficient (Wildman–Crippen LogP) is 1.34. The van der Waals surface area contributed by atoms with Gasteiger partial charge < -0.3 is 19.7 Å². The van der Waals surface area contributed by atoms with Gasteiger partial charge in [0.1, 0.15) is 0 Å². The van der Waals surface area contributed by atoms with Gasteiger partial charge in [0.15, 0.2) is 0 Å². The SMILES string of the molecule is CC(C)C(O)C(O)C1CCOC2(CCOCC2)C1. The third-order valence-electron chi connectivity index (χ3n) is 4.45. The molecule has 0 aromatic rings. The van der Waals surface area contributed by atoms with E-state index in [4.69, 9.17) is 9.47 Å². The van der Waals surface area contributed by atoms with Crippen LogP contribution in [0.1, 0.15) is 39.5 Å². The second kappa shape index (κ2) is 5.87. The summed E-state index contributed by atoms with van der Waals surface area (Å²) < 4.78 is 11.3. The zero-order valence-electron chi connectivity index (χ0n) is 11.5. The van der Waals surface area contributed by atoms with Gasteiger partial charge >= 0.3 is 0 Å². The number of ether oxygens (including phenoxy) is 2. The zero-order valence-corrected chi connectivity index (χ0v) is 11.5. The van der Waals surface area contributed by atoms with Crippen molar-refractivity contribution in [2.24, 2.45) is 11.8 Å². The second-order valence-electron chi connectivity index (χ2n) is 6.12. The molecule has 2 saturated heterocycles. The molecule has 2 rings (SSSR count). The van der Waals surface area contributed by atoms with Crippen LogP contribution in [0.4, 0.5) is 0 Å². The van der Waals surface area contributed by atoms with E-state index in [1.54, 1.807) is 0 Å². The maximum absolute atomic E-state index is 10.3. The highest BCUT2D eigenvalue weighted by Crippen LogP contribution is 2.39. The van der Waals surface area contributed by atoms with E-state index in [9.17, 15) is 10.2 Å². The minimum Gasteiger partial charge on any atom is -0.390 e. The second-order valence-corrected chi connectivity index (χ2v) is 6.12. The first-order valence-electron chi connectivity index (χ1n) is 7.12. The molecule has 2 heterocycles. The van der Waals surface area contributed by atoms with Crippen LogP contribution in [0.25, 0.3) is 0 Å². The molecule has 0 aromatic carbocycles. The van der Waals surface area contributed by atoms with Gasteiger partial charge in [-0.3, -0.25) is 0 Å². The monoisotopic (exact) mass is 258 g/mol. The van der Waals surface area contributed by atoms with Crippen molar-refractivity contribution in [3.63, 3.8) is 0 Å². The van der Waals surface area contributed by atoms with E-state index in [0.717, 1.165) is 38.9 Å².